The van der Waals surface area contributed by atoms with Gasteiger partial charge in [-0.25, -0.2) is 0 Å². The van der Waals surface area contributed by atoms with E-state index in [0.717, 1.165) is 16.3 Å². The second-order valence-electron chi connectivity index (χ2n) is 3.57. The topological polar surface area (TPSA) is 39.2 Å². The first kappa shape index (κ1) is 10.8. The highest BCUT2D eigenvalue weighted by atomic mass is 16.5. The number of carbonyl (C=O) groups is 1. The Morgan fingerprint density at radius 3 is 3.06 bits per heavy atom. The summed E-state index contributed by atoms with van der Waals surface area (Å²) in [5.74, 6) is 0.0976. The molecule has 82 valence electrons. The van der Waals surface area contributed by atoms with Crippen molar-refractivity contribution in [3.63, 3.8) is 0 Å². The van der Waals surface area contributed by atoms with Gasteiger partial charge in [-0.05, 0) is 11.5 Å². The second kappa shape index (κ2) is 4.86. The van der Waals surface area contributed by atoms with Crippen molar-refractivity contribution in [2.75, 3.05) is 13.7 Å². The molecular weight excluding hydrogens is 202 g/mol. The highest BCUT2D eigenvalue weighted by molar-refractivity contribution is 6.07. The summed E-state index contributed by atoms with van der Waals surface area (Å²) >= 11 is 0. The number of methoxy groups -OCH3 is 1. The number of fused-ring (bicyclic) bond motifs is 1. The fourth-order valence-corrected chi connectivity index (χ4v) is 1.69. The van der Waals surface area contributed by atoms with E-state index in [1.165, 1.54) is 0 Å². The first-order valence-electron chi connectivity index (χ1n) is 5.18. The lowest BCUT2D eigenvalue weighted by molar-refractivity contribution is 0.0934. The molecule has 0 fully saturated rings. The van der Waals surface area contributed by atoms with Crippen molar-refractivity contribution in [1.82, 2.24) is 4.98 Å². The molecule has 0 unspecified atom stereocenters. The number of nitrogens with zero attached hydrogens (tertiary/aromatic N) is 1. The maximum Gasteiger partial charge on any atom is 0.165 e. The fourth-order valence-electron chi connectivity index (χ4n) is 1.69. The highest BCUT2D eigenvalue weighted by Crippen LogP contribution is 2.18. The molecule has 0 radical (unpaired) electrons. The average molecular weight is 215 g/mol. The van der Waals surface area contributed by atoms with Gasteiger partial charge in [-0.2, -0.15) is 0 Å². The molecule has 1 aromatic heterocycles. The molecule has 3 heteroatoms. The third kappa shape index (κ3) is 2.09. The van der Waals surface area contributed by atoms with E-state index in [-0.39, 0.29) is 5.78 Å². The number of aromatic nitrogens is 1. The molecule has 0 aliphatic rings. The molecule has 16 heavy (non-hydrogen) atoms. The number of ether oxygens (including phenoxy) is 1. The first-order chi connectivity index (χ1) is 7.83. The molecule has 0 atom stereocenters. The summed E-state index contributed by atoms with van der Waals surface area (Å²) in [5, 5.41) is 1.95. The molecule has 3 nitrogen and oxygen atoms in total. The Hall–Kier alpha value is -1.74. The van der Waals surface area contributed by atoms with Crippen molar-refractivity contribution in [3.05, 3.63) is 42.2 Å². The van der Waals surface area contributed by atoms with E-state index in [4.69, 9.17) is 4.74 Å². The number of rotatable bonds is 4. The van der Waals surface area contributed by atoms with Crippen LogP contribution in [0.1, 0.15) is 16.8 Å². The van der Waals surface area contributed by atoms with Crippen LogP contribution in [0, 0.1) is 0 Å². The van der Waals surface area contributed by atoms with Crippen LogP contribution in [0.4, 0.5) is 0 Å². The number of benzene rings is 1. The number of pyridine rings is 1. The molecule has 1 aromatic carbocycles. The molecule has 0 spiro atoms. The minimum absolute atomic E-state index is 0.0976. The number of hydrogen-bond donors (Lipinski definition) is 0. The SMILES string of the molecule is COCCC(=O)c1cccc2ccncc12. The predicted octanol–water partition coefficient (Wildman–Crippen LogP) is 2.45. The van der Waals surface area contributed by atoms with Crippen LogP contribution in [0.15, 0.2) is 36.7 Å². The van der Waals surface area contributed by atoms with E-state index < -0.39 is 0 Å². The monoisotopic (exact) mass is 215 g/mol. The third-order valence-corrected chi connectivity index (χ3v) is 2.52. The van der Waals surface area contributed by atoms with Gasteiger partial charge in [-0.3, -0.25) is 9.78 Å². The maximum absolute atomic E-state index is 11.9. The van der Waals surface area contributed by atoms with Gasteiger partial charge < -0.3 is 4.74 Å². The zero-order chi connectivity index (χ0) is 11.4. The van der Waals surface area contributed by atoms with Gasteiger partial charge in [0.25, 0.3) is 0 Å². The van der Waals surface area contributed by atoms with Crippen LogP contribution in [0.5, 0.6) is 0 Å². The zero-order valence-electron chi connectivity index (χ0n) is 9.14. The second-order valence-corrected chi connectivity index (χ2v) is 3.57. The summed E-state index contributed by atoms with van der Waals surface area (Å²) in [6.45, 7) is 0.454. The lowest BCUT2D eigenvalue weighted by Gasteiger charge is -2.04. The molecule has 0 amide bonds. The van der Waals surface area contributed by atoms with Gasteiger partial charge in [0, 0.05) is 36.9 Å². The van der Waals surface area contributed by atoms with Gasteiger partial charge >= 0.3 is 0 Å². The molecule has 2 aromatic rings. The highest BCUT2D eigenvalue weighted by Gasteiger charge is 2.09. The smallest absolute Gasteiger partial charge is 0.165 e. The molecule has 0 N–H and O–H groups in total. The van der Waals surface area contributed by atoms with Gasteiger partial charge in [0.15, 0.2) is 5.78 Å². The molecule has 2 rings (SSSR count). The predicted molar refractivity (Wildman–Crippen MR) is 62.6 cm³/mol. The van der Waals surface area contributed by atoms with Crippen molar-refractivity contribution >= 4 is 16.6 Å². The fraction of sp³-hybridized carbons (Fsp3) is 0.231. The van der Waals surface area contributed by atoms with Crippen LogP contribution in [0.3, 0.4) is 0 Å². The minimum atomic E-state index is 0.0976. The molecule has 0 aliphatic heterocycles. The van der Waals surface area contributed by atoms with Crippen LogP contribution >= 0.6 is 0 Å². The van der Waals surface area contributed by atoms with Crippen molar-refractivity contribution in [1.29, 1.82) is 0 Å². The number of carbonyl (C=O) groups excluding carboxylic acids is 1. The van der Waals surface area contributed by atoms with Crippen molar-refractivity contribution in [2.45, 2.75) is 6.42 Å². The Morgan fingerprint density at radius 2 is 2.25 bits per heavy atom. The third-order valence-electron chi connectivity index (χ3n) is 2.52. The van der Waals surface area contributed by atoms with Gasteiger partial charge in [0.2, 0.25) is 0 Å². The van der Waals surface area contributed by atoms with E-state index >= 15 is 0 Å². The minimum Gasteiger partial charge on any atom is -0.384 e. The Morgan fingerprint density at radius 1 is 1.38 bits per heavy atom. The normalized spacial score (nSPS) is 10.6. The molecule has 0 saturated carbocycles. The van der Waals surface area contributed by atoms with Crippen molar-refractivity contribution in [2.24, 2.45) is 0 Å². The van der Waals surface area contributed by atoms with Crippen molar-refractivity contribution in [3.8, 4) is 0 Å². The van der Waals surface area contributed by atoms with Crippen LogP contribution in [-0.4, -0.2) is 24.5 Å². The van der Waals surface area contributed by atoms with Gasteiger partial charge in [0.05, 0.1) is 6.61 Å². The zero-order valence-corrected chi connectivity index (χ0v) is 9.14. The Labute approximate surface area is 94.1 Å². The van der Waals surface area contributed by atoms with Crippen LogP contribution in [0.2, 0.25) is 0 Å². The number of ketones is 1. The molecular formula is C13H13NO2. The van der Waals surface area contributed by atoms with Crippen molar-refractivity contribution < 1.29 is 9.53 Å². The lowest BCUT2D eigenvalue weighted by atomic mass is 10.0. The van der Waals surface area contributed by atoms with Gasteiger partial charge in [0.1, 0.15) is 0 Å². The molecule has 0 aliphatic carbocycles. The summed E-state index contributed by atoms with van der Waals surface area (Å²) in [5.41, 5.74) is 0.725. The quantitative estimate of drug-likeness (QED) is 0.735. The standard InChI is InChI=1S/C13H13NO2/c1-16-8-6-13(15)11-4-2-3-10-5-7-14-9-12(10)11/h2-5,7,9H,6,8H2,1H3. The first-order valence-corrected chi connectivity index (χ1v) is 5.18. The summed E-state index contributed by atoms with van der Waals surface area (Å²) in [6.07, 6.45) is 3.87. The average Bonchev–Trinajstić information content (AvgIpc) is 2.35. The number of hydrogen-bond acceptors (Lipinski definition) is 3. The van der Waals surface area contributed by atoms with Crippen LogP contribution < -0.4 is 0 Å². The molecule has 0 saturated heterocycles. The Bertz CT molecular complexity index is 503. The van der Waals surface area contributed by atoms with E-state index in [0.29, 0.717) is 13.0 Å². The van der Waals surface area contributed by atoms with E-state index in [1.807, 2.05) is 24.3 Å². The molecule has 1 heterocycles. The lowest BCUT2D eigenvalue weighted by Crippen LogP contribution is -2.04. The Balaban J connectivity index is 2.40. The summed E-state index contributed by atoms with van der Waals surface area (Å²) in [6, 6.07) is 7.61. The van der Waals surface area contributed by atoms with Crippen LogP contribution in [-0.2, 0) is 4.74 Å². The summed E-state index contributed by atoms with van der Waals surface area (Å²) in [4.78, 5) is 16.0. The van der Waals surface area contributed by atoms with Gasteiger partial charge in [-0.15, -0.1) is 0 Å². The summed E-state index contributed by atoms with van der Waals surface area (Å²) < 4.78 is 4.91. The number of Topliss-reactive ketones (excluding diaryl/α,β-unsaturated/α-hetero) is 1. The molecule has 0 bridgehead atoms. The largest absolute Gasteiger partial charge is 0.384 e. The van der Waals surface area contributed by atoms with E-state index in [1.54, 1.807) is 19.5 Å². The van der Waals surface area contributed by atoms with E-state index in [2.05, 4.69) is 4.98 Å². The van der Waals surface area contributed by atoms with Crippen LogP contribution in [0.25, 0.3) is 10.8 Å². The Kier molecular flexibility index (Phi) is 3.27. The summed E-state index contributed by atoms with van der Waals surface area (Å²) in [7, 11) is 1.60. The maximum atomic E-state index is 11.9. The van der Waals surface area contributed by atoms with E-state index in [9.17, 15) is 4.79 Å². The van der Waals surface area contributed by atoms with Gasteiger partial charge in [-0.1, -0.05) is 18.2 Å².